The van der Waals surface area contributed by atoms with Gasteiger partial charge in [0.2, 0.25) is 0 Å². The molecule has 164 valence electrons. The molecule has 6 nitrogen and oxygen atoms in total. The maximum Gasteiger partial charge on any atom is 0.325 e. The summed E-state index contributed by atoms with van der Waals surface area (Å²) in [6.07, 6.45) is 3.68. The number of methoxy groups -OCH3 is 2. The van der Waals surface area contributed by atoms with Crippen LogP contribution in [0.25, 0.3) is 21.7 Å². The number of H-pyrrole nitrogens is 1. The van der Waals surface area contributed by atoms with E-state index in [-0.39, 0.29) is 6.04 Å². The number of fused-ring (bicyclic) bond motifs is 2. The maximum absolute atomic E-state index is 12.6. The van der Waals surface area contributed by atoms with E-state index in [0.717, 1.165) is 57.9 Å². The third-order valence-corrected chi connectivity index (χ3v) is 6.57. The van der Waals surface area contributed by atoms with Crippen LogP contribution < -0.4 is 9.47 Å². The zero-order chi connectivity index (χ0) is 22.2. The quantitative estimate of drug-likeness (QED) is 0.434. The highest BCUT2D eigenvalue weighted by atomic mass is 16.5. The lowest BCUT2D eigenvalue weighted by Crippen LogP contribution is -2.33. The van der Waals surface area contributed by atoms with E-state index in [1.165, 1.54) is 0 Å². The van der Waals surface area contributed by atoms with Crippen molar-refractivity contribution in [3.05, 3.63) is 71.9 Å². The molecule has 3 aromatic carbocycles. The number of carboxylic acid groups (broad SMARTS) is 1. The molecule has 2 unspecified atom stereocenters. The Balaban J connectivity index is 1.62. The molecule has 0 spiro atoms. The van der Waals surface area contributed by atoms with Gasteiger partial charge in [0.1, 0.15) is 17.5 Å². The van der Waals surface area contributed by atoms with Gasteiger partial charge in [0.25, 0.3) is 0 Å². The minimum atomic E-state index is -0.849. The first kappa shape index (κ1) is 20.4. The van der Waals surface area contributed by atoms with Gasteiger partial charge in [-0.25, -0.2) is 0 Å². The molecular weight excluding hydrogens is 404 g/mol. The van der Waals surface area contributed by atoms with E-state index in [0.29, 0.717) is 5.75 Å². The third kappa shape index (κ3) is 3.28. The summed E-state index contributed by atoms with van der Waals surface area (Å²) >= 11 is 0. The summed E-state index contributed by atoms with van der Waals surface area (Å²) in [5, 5.41) is 13.4. The van der Waals surface area contributed by atoms with Gasteiger partial charge in [0.15, 0.2) is 0 Å². The van der Waals surface area contributed by atoms with Gasteiger partial charge in [-0.1, -0.05) is 30.3 Å². The summed E-state index contributed by atoms with van der Waals surface area (Å²) in [6, 6.07) is 17.2. The Hall–Kier alpha value is -3.51. The highest BCUT2D eigenvalue weighted by Gasteiger charge is 2.38. The number of carboxylic acids is 1. The van der Waals surface area contributed by atoms with Crippen LogP contribution in [0.15, 0.2) is 60.8 Å². The highest BCUT2D eigenvalue weighted by Crippen LogP contribution is 2.44. The van der Waals surface area contributed by atoms with E-state index in [2.05, 4.69) is 28.1 Å². The predicted molar refractivity (Wildman–Crippen MR) is 124 cm³/mol. The van der Waals surface area contributed by atoms with Gasteiger partial charge in [-0.2, -0.15) is 0 Å². The summed E-state index contributed by atoms with van der Waals surface area (Å²) in [5.74, 6) is 0.687. The molecule has 0 radical (unpaired) electrons. The number of likely N-dealkylation sites (tertiary alicyclic amines) is 1. The van der Waals surface area contributed by atoms with Crippen molar-refractivity contribution in [1.82, 2.24) is 9.88 Å². The summed E-state index contributed by atoms with van der Waals surface area (Å²) in [4.78, 5) is 18.0. The Bertz CT molecular complexity index is 1300. The van der Waals surface area contributed by atoms with Gasteiger partial charge in [-0.05, 0) is 54.6 Å². The third-order valence-electron chi connectivity index (χ3n) is 6.57. The van der Waals surface area contributed by atoms with Gasteiger partial charge in [-0.3, -0.25) is 9.69 Å². The van der Waals surface area contributed by atoms with Crippen molar-refractivity contribution in [3.8, 4) is 11.5 Å². The second kappa shape index (κ2) is 8.20. The number of aliphatic carboxylic acids is 1. The van der Waals surface area contributed by atoms with Crippen molar-refractivity contribution in [2.45, 2.75) is 24.9 Å². The van der Waals surface area contributed by atoms with Crippen molar-refractivity contribution < 1.29 is 19.4 Å². The lowest BCUT2D eigenvalue weighted by molar-refractivity contribution is -0.144. The first-order chi connectivity index (χ1) is 15.6. The number of hydrogen-bond acceptors (Lipinski definition) is 4. The largest absolute Gasteiger partial charge is 0.497 e. The van der Waals surface area contributed by atoms with Crippen LogP contribution in [0.5, 0.6) is 11.5 Å². The van der Waals surface area contributed by atoms with Crippen molar-refractivity contribution in [3.63, 3.8) is 0 Å². The molecule has 2 atom stereocenters. The van der Waals surface area contributed by atoms with E-state index < -0.39 is 12.0 Å². The fourth-order valence-corrected chi connectivity index (χ4v) is 5.12. The SMILES string of the molecule is COc1ccc2[nH]cc(C(C(=O)O)N3CCCC3c3ccc(OC)c4ccccc34)c2c1. The van der Waals surface area contributed by atoms with Crippen LogP contribution in [0, 0.1) is 0 Å². The molecule has 5 rings (SSSR count). The Labute approximate surface area is 186 Å². The monoisotopic (exact) mass is 430 g/mol. The number of ether oxygens (including phenoxy) is 2. The van der Waals surface area contributed by atoms with Crippen LogP contribution in [0.1, 0.15) is 36.1 Å². The van der Waals surface area contributed by atoms with Crippen LogP contribution in [-0.4, -0.2) is 41.7 Å². The van der Waals surface area contributed by atoms with Crippen LogP contribution in [-0.2, 0) is 4.79 Å². The molecule has 2 N–H and O–H groups in total. The zero-order valence-corrected chi connectivity index (χ0v) is 18.2. The number of aromatic amines is 1. The Kier molecular flexibility index (Phi) is 5.23. The van der Waals surface area contributed by atoms with E-state index in [1.54, 1.807) is 14.2 Å². The number of rotatable bonds is 6. The fourth-order valence-electron chi connectivity index (χ4n) is 5.12. The molecule has 32 heavy (non-hydrogen) atoms. The lowest BCUT2D eigenvalue weighted by atomic mass is 9.94. The summed E-state index contributed by atoms with van der Waals surface area (Å²) in [5.41, 5.74) is 2.80. The molecule has 1 fully saturated rings. The molecule has 0 amide bonds. The average Bonchev–Trinajstić information content (AvgIpc) is 3.46. The van der Waals surface area contributed by atoms with Crippen LogP contribution in [0.4, 0.5) is 0 Å². The summed E-state index contributed by atoms with van der Waals surface area (Å²) in [6.45, 7) is 0.721. The Morgan fingerprint density at radius 3 is 2.62 bits per heavy atom. The molecule has 2 heterocycles. The molecule has 0 aliphatic carbocycles. The topological polar surface area (TPSA) is 74.8 Å². The minimum absolute atomic E-state index is 0.00228. The molecule has 1 saturated heterocycles. The summed E-state index contributed by atoms with van der Waals surface area (Å²) < 4.78 is 10.9. The van der Waals surface area contributed by atoms with Crippen molar-refractivity contribution in [1.29, 1.82) is 0 Å². The number of hydrogen-bond donors (Lipinski definition) is 2. The predicted octanol–water partition coefficient (Wildman–Crippen LogP) is 5.30. The number of benzene rings is 3. The molecule has 0 saturated carbocycles. The second-order valence-corrected chi connectivity index (χ2v) is 8.19. The number of carbonyl (C=O) groups is 1. The first-order valence-electron chi connectivity index (χ1n) is 10.8. The Morgan fingerprint density at radius 1 is 1.06 bits per heavy atom. The summed E-state index contributed by atoms with van der Waals surface area (Å²) in [7, 11) is 3.29. The van der Waals surface area contributed by atoms with Crippen molar-refractivity contribution in [2.24, 2.45) is 0 Å². The van der Waals surface area contributed by atoms with Crippen LogP contribution in [0.3, 0.4) is 0 Å². The minimum Gasteiger partial charge on any atom is -0.497 e. The van der Waals surface area contributed by atoms with E-state index in [9.17, 15) is 9.90 Å². The van der Waals surface area contributed by atoms with Crippen LogP contribution >= 0.6 is 0 Å². The van der Waals surface area contributed by atoms with Gasteiger partial charge in [0.05, 0.1) is 14.2 Å². The molecule has 0 bridgehead atoms. The normalized spacial score (nSPS) is 17.6. The van der Waals surface area contributed by atoms with Gasteiger partial charge in [-0.15, -0.1) is 0 Å². The van der Waals surface area contributed by atoms with E-state index in [1.807, 2.05) is 42.6 Å². The van der Waals surface area contributed by atoms with Gasteiger partial charge >= 0.3 is 5.97 Å². The standard InChI is InChI=1S/C26H26N2O4/c1-31-16-9-11-22-20(14-16)21(15-27-22)25(26(29)30)28-13-5-8-23(28)18-10-12-24(32-2)19-7-4-3-6-17(18)19/h3-4,6-7,9-12,14-15,23,25,27H,5,8,13H2,1-2H3,(H,29,30). The lowest BCUT2D eigenvalue weighted by Gasteiger charge is -2.31. The average molecular weight is 431 g/mol. The van der Waals surface area contributed by atoms with Crippen molar-refractivity contribution >= 4 is 27.6 Å². The number of nitrogens with one attached hydrogen (secondary N) is 1. The Morgan fingerprint density at radius 2 is 1.88 bits per heavy atom. The second-order valence-electron chi connectivity index (χ2n) is 8.19. The number of nitrogens with zero attached hydrogens (tertiary/aromatic N) is 1. The molecule has 4 aromatic rings. The molecular formula is C26H26N2O4. The number of aromatic nitrogens is 1. The van der Waals surface area contributed by atoms with E-state index in [4.69, 9.17) is 9.47 Å². The smallest absolute Gasteiger partial charge is 0.325 e. The van der Waals surface area contributed by atoms with Crippen LogP contribution in [0.2, 0.25) is 0 Å². The first-order valence-corrected chi connectivity index (χ1v) is 10.8. The van der Waals surface area contributed by atoms with E-state index >= 15 is 0 Å². The van der Waals surface area contributed by atoms with Gasteiger partial charge in [0, 0.05) is 34.1 Å². The molecule has 6 heteroatoms. The molecule has 1 aromatic heterocycles. The molecule has 1 aliphatic heterocycles. The van der Waals surface area contributed by atoms with Crippen molar-refractivity contribution in [2.75, 3.05) is 20.8 Å². The molecule has 1 aliphatic rings. The highest BCUT2D eigenvalue weighted by molar-refractivity contribution is 5.92. The maximum atomic E-state index is 12.6. The fraction of sp³-hybridized carbons (Fsp3) is 0.269. The zero-order valence-electron chi connectivity index (χ0n) is 18.2. The van der Waals surface area contributed by atoms with Gasteiger partial charge < -0.3 is 19.6 Å².